The van der Waals surface area contributed by atoms with Crippen LogP contribution in [0.5, 0.6) is 0 Å². The van der Waals surface area contributed by atoms with E-state index in [1.165, 1.54) is 0 Å². The molecule has 1 fully saturated rings. The standard InChI is InChI=1S/C26H22N2O3/c29-24-11-6-14-28(24)16-23(17-7-2-1-3-8-17)27-26(31)18-12-13-20-19-9-4-5-10-21(19)25(30)22(20)15-18/h1-5,7-10,12-13,15,23H,6,11,14,16H2,(H,27,31). The number of hydrogen-bond acceptors (Lipinski definition) is 3. The zero-order valence-electron chi connectivity index (χ0n) is 17.0. The molecule has 1 atom stereocenters. The van der Waals surface area contributed by atoms with E-state index in [1.807, 2.05) is 60.7 Å². The highest BCUT2D eigenvalue weighted by molar-refractivity contribution is 6.22. The Balaban J connectivity index is 1.41. The van der Waals surface area contributed by atoms with E-state index in [9.17, 15) is 14.4 Å². The van der Waals surface area contributed by atoms with Crippen molar-refractivity contribution in [3.05, 3.63) is 95.1 Å². The van der Waals surface area contributed by atoms with E-state index in [2.05, 4.69) is 5.32 Å². The molecule has 5 rings (SSSR count). The first-order valence-corrected chi connectivity index (χ1v) is 10.5. The fourth-order valence-corrected chi connectivity index (χ4v) is 4.45. The van der Waals surface area contributed by atoms with Crippen LogP contribution in [-0.4, -0.2) is 35.6 Å². The van der Waals surface area contributed by atoms with Gasteiger partial charge in [0, 0.05) is 36.2 Å². The Morgan fingerprint density at radius 1 is 0.871 bits per heavy atom. The van der Waals surface area contributed by atoms with Gasteiger partial charge in [-0.05, 0) is 35.2 Å². The van der Waals surface area contributed by atoms with Gasteiger partial charge in [0.2, 0.25) is 5.91 Å². The van der Waals surface area contributed by atoms with Gasteiger partial charge < -0.3 is 10.2 Å². The molecule has 5 nitrogen and oxygen atoms in total. The number of carbonyl (C=O) groups is 3. The molecule has 5 heteroatoms. The van der Waals surface area contributed by atoms with Gasteiger partial charge in [0.25, 0.3) is 5.91 Å². The number of nitrogens with zero attached hydrogens (tertiary/aromatic N) is 1. The number of hydrogen-bond donors (Lipinski definition) is 1. The van der Waals surface area contributed by atoms with Gasteiger partial charge in [-0.2, -0.15) is 0 Å². The molecule has 2 amide bonds. The van der Waals surface area contributed by atoms with Gasteiger partial charge in [0.1, 0.15) is 0 Å². The number of nitrogens with one attached hydrogen (secondary N) is 1. The molecule has 0 bridgehead atoms. The van der Waals surface area contributed by atoms with Crippen molar-refractivity contribution in [3.63, 3.8) is 0 Å². The number of likely N-dealkylation sites (tertiary alicyclic amines) is 1. The number of fused-ring (bicyclic) bond motifs is 3. The summed E-state index contributed by atoms with van der Waals surface area (Å²) in [5, 5.41) is 3.08. The van der Waals surface area contributed by atoms with Crippen molar-refractivity contribution in [2.45, 2.75) is 18.9 Å². The van der Waals surface area contributed by atoms with E-state index in [0.29, 0.717) is 36.2 Å². The summed E-state index contributed by atoms with van der Waals surface area (Å²) in [6.07, 6.45) is 1.41. The van der Waals surface area contributed by atoms with Crippen LogP contribution in [0.3, 0.4) is 0 Å². The predicted molar refractivity (Wildman–Crippen MR) is 118 cm³/mol. The van der Waals surface area contributed by atoms with Gasteiger partial charge >= 0.3 is 0 Å². The maximum Gasteiger partial charge on any atom is 0.251 e. The van der Waals surface area contributed by atoms with E-state index < -0.39 is 0 Å². The first kappa shape index (κ1) is 19.2. The summed E-state index contributed by atoms with van der Waals surface area (Å²) in [4.78, 5) is 39.9. The second-order valence-corrected chi connectivity index (χ2v) is 8.02. The number of benzene rings is 3. The lowest BCUT2D eigenvalue weighted by molar-refractivity contribution is -0.128. The second kappa shape index (κ2) is 7.84. The van der Waals surface area contributed by atoms with Crippen LogP contribution >= 0.6 is 0 Å². The minimum Gasteiger partial charge on any atom is -0.343 e. The lowest BCUT2D eigenvalue weighted by Gasteiger charge is -2.25. The van der Waals surface area contributed by atoms with Crippen LogP contribution < -0.4 is 5.32 Å². The minimum absolute atomic E-state index is 0.0532. The molecule has 0 spiro atoms. The molecular weight excluding hydrogens is 388 g/mol. The van der Waals surface area contributed by atoms with Crippen molar-refractivity contribution in [1.82, 2.24) is 10.2 Å². The summed E-state index contributed by atoms with van der Waals surface area (Å²) in [5.41, 5.74) is 4.38. The van der Waals surface area contributed by atoms with E-state index in [4.69, 9.17) is 0 Å². The van der Waals surface area contributed by atoms with E-state index in [-0.39, 0.29) is 23.6 Å². The SMILES string of the molecule is O=C(NC(CN1CCCC1=O)c1ccccc1)c1ccc2c(c1)C(=O)c1ccccc1-2. The average molecular weight is 410 g/mol. The fraction of sp³-hybridized carbons (Fsp3) is 0.192. The number of rotatable bonds is 5. The van der Waals surface area contributed by atoms with Crippen molar-refractivity contribution in [2.24, 2.45) is 0 Å². The highest BCUT2D eigenvalue weighted by Crippen LogP contribution is 2.36. The Morgan fingerprint density at radius 2 is 1.58 bits per heavy atom. The summed E-state index contributed by atoms with van der Waals surface area (Å²) in [6, 6.07) is 22.1. The minimum atomic E-state index is -0.322. The molecule has 1 aliphatic heterocycles. The van der Waals surface area contributed by atoms with Crippen LogP contribution in [0.2, 0.25) is 0 Å². The normalized spacial score (nSPS) is 15.5. The average Bonchev–Trinajstić information content (AvgIpc) is 3.34. The van der Waals surface area contributed by atoms with Crippen molar-refractivity contribution in [2.75, 3.05) is 13.1 Å². The summed E-state index contributed by atoms with van der Waals surface area (Å²) >= 11 is 0. The second-order valence-electron chi connectivity index (χ2n) is 8.02. The van der Waals surface area contributed by atoms with Gasteiger partial charge in [0.05, 0.1) is 6.04 Å². The molecule has 0 aromatic heterocycles. The topological polar surface area (TPSA) is 66.5 Å². The van der Waals surface area contributed by atoms with Gasteiger partial charge in [-0.15, -0.1) is 0 Å². The lowest BCUT2D eigenvalue weighted by atomic mass is 10.0. The lowest BCUT2D eigenvalue weighted by Crippen LogP contribution is -2.38. The summed E-state index contributed by atoms with van der Waals surface area (Å²) in [7, 11) is 0. The van der Waals surface area contributed by atoms with Gasteiger partial charge in [-0.3, -0.25) is 14.4 Å². The van der Waals surface area contributed by atoms with Crippen LogP contribution in [-0.2, 0) is 4.79 Å². The third-order valence-corrected chi connectivity index (χ3v) is 6.07. The molecule has 1 aliphatic carbocycles. The van der Waals surface area contributed by atoms with Gasteiger partial charge in [-0.25, -0.2) is 0 Å². The maximum atomic E-state index is 13.1. The quantitative estimate of drug-likeness (QED) is 0.541. The first-order valence-electron chi connectivity index (χ1n) is 10.5. The molecule has 1 unspecified atom stereocenters. The maximum absolute atomic E-state index is 13.1. The van der Waals surface area contributed by atoms with Gasteiger partial charge in [-0.1, -0.05) is 60.7 Å². The highest BCUT2D eigenvalue weighted by atomic mass is 16.2. The molecule has 2 aliphatic rings. The number of ketones is 1. The van der Waals surface area contributed by atoms with Crippen LogP contribution in [0.25, 0.3) is 11.1 Å². The Bertz CT molecular complexity index is 1190. The molecule has 3 aromatic carbocycles. The van der Waals surface area contributed by atoms with Crippen molar-refractivity contribution >= 4 is 17.6 Å². The molecule has 0 saturated carbocycles. The van der Waals surface area contributed by atoms with E-state index in [1.54, 1.807) is 17.0 Å². The van der Waals surface area contributed by atoms with Crippen LogP contribution in [0, 0.1) is 0 Å². The molecule has 1 heterocycles. The molecule has 31 heavy (non-hydrogen) atoms. The van der Waals surface area contributed by atoms with Crippen LogP contribution in [0.1, 0.15) is 50.7 Å². The molecule has 1 N–H and O–H groups in total. The predicted octanol–water partition coefficient (Wildman–Crippen LogP) is 3.99. The van der Waals surface area contributed by atoms with Crippen molar-refractivity contribution in [1.29, 1.82) is 0 Å². The molecule has 0 radical (unpaired) electrons. The molecule has 3 aromatic rings. The summed E-state index contributed by atoms with van der Waals surface area (Å²) < 4.78 is 0. The fourth-order valence-electron chi connectivity index (χ4n) is 4.45. The van der Waals surface area contributed by atoms with Crippen molar-refractivity contribution in [3.8, 4) is 11.1 Å². The molecular formula is C26H22N2O3. The van der Waals surface area contributed by atoms with Gasteiger partial charge in [0.15, 0.2) is 5.78 Å². The van der Waals surface area contributed by atoms with E-state index >= 15 is 0 Å². The smallest absolute Gasteiger partial charge is 0.251 e. The monoisotopic (exact) mass is 410 g/mol. The Labute approximate surface area is 180 Å². The zero-order valence-corrected chi connectivity index (χ0v) is 17.0. The van der Waals surface area contributed by atoms with Crippen LogP contribution in [0.15, 0.2) is 72.8 Å². The summed E-state index contributed by atoms with van der Waals surface area (Å²) in [5.74, 6) is -0.189. The molecule has 154 valence electrons. The zero-order chi connectivity index (χ0) is 21.4. The Kier molecular flexibility index (Phi) is 4.86. The summed E-state index contributed by atoms with van der Waals surface area (Å²) in [6.45, 7) is 1.15. The Hall–Kier alpha value is -3.73. The molecule has 1 saturated heterocycles. The van der Waals surface area contributed by atoms with Crippen LogP contribution in [0.4, 0.5) is 0 Å². The third kappa shape index (κ3) is 3.52. The highest BCUT2D eigenvalue weighted by Gasteiger charge is 2.29. The van der Waals surface area contributed by atoms with Crippen molar-refractivity contribution < 1.29 is 14.4 Å². The number of amides is 2. The first-order chi connectivity index (χ1) is 15.1. The van der Waals surface area contributed by atoms with E-state index in [0.717, 1.165) is 23.1 Å². The number of carbonyl (C=O) groups excluding carboxylic acids is 3. The third-order valence-electron chi connectivity index (χ3n) is 6.07. The Morgan fingerprint density at radius 3 is 2.32 bits per heavy atom. The largest absolute Gasteiger partial charge is 0.343 e.